The van der Waals surface area contributed by atoms with E-state index in [1.807, 2.05) is 42.3 Å². The van der Waals surface area contributed by atoms with Gasteiger partial charge in [-0.2, -0.15) is 0 Å². The Labute approximate surface area is 192 Å². The Hall–Kier alpha value is -4.01. The van der Waals surface area contributed by atoms with E-state index in [1.165, 1.54) is 32.0 Å². The zero-order valence-corrected chi connectivity index (χ0v) is 19.4. The van der Waals surface area contributed by atoms with E-state index in [-0.39, 0.29) is 12.1 Å². The van der Waals surface area contributed by atoms with Gasteiger partial charge in [0, 0.05) is 43.2 Å². The lowest BCUT2D eigenvalue weighted by molar-refractivity contribution is -0.116. The second kappa shape index (κ2) is 10.5. The fraction of sp³-hybridized carbons (Fsp3) is 0.292. The molecule has 0 aliphatic rings. The molecule has 2 aromatic carbocycles. The van der Waals surface area contributed by atoms with Crippen LogP contribution in [0.2, 0.25) is 0 Å². The Morgan fingerprint density at radius 3 is 2.24 bits per heavy atom. The highest BCUT2D eigenvalue weighted by atomic mass is 16.5. The second-order valence-corrected chi connectivity index (χ2v) is 7.43. The van der Waals surface area contributed by atoms with E-state index in [2.05, 4.69) is 10.3 Å². The van der Waals surface area contributed by atoms with E-state index >= 15 is 0 Å². The number of ether oxygens (including phenoxy) is 3. The molecule has 1 N–H and O–H groups in total. The maximum Gasteiger partial charge on any atom is 0.255 e. The molecule has 0 bridgehead atoms. The number of carbonyl (C=O) groups excluding carboxylic acids is 1. The van der Waals surface area contributed by atoms with E-state index in [0.717, 1.165) is 5.56 Å². The number of aryl methyl sites for hydroxylation is 1. The van der Waals surface area contributed by atoms with Crippen LogP contribution in [0.3, 0.4) is 0 Å². The topological polar surface area (TPSA) is 94.9 Å². The zero-order valence-electron chi connectivity index (χ0n) is 19.4. The smallest absolute Gasteiger partial charge is 0.255 e. The normalized spacial score (nSPS) is 10.5. The number of methoxy groups -OCH3 is 3. The Kier molecular flexibility index (Phi) is 7.55. The summed E-state index contributed by atoms with van der Waals surface area (Å²) in [5.74, 6) is 1.24. The van der Waals surface area contributed by atoms with Crippen molar-refractivity contribution in [1.82, 2.24) is 9.55 Å². The lowest BCUT2D eigenvalue weighted by atomic mass is 10.2. The van der Waals surface area contributed by atoms with Crippen LogP contribution in [0.4, 0.5) is 11.6 Å². The Morgan fingerprint density at radius 2 is 1.67 bits per heavy atom. The van der Waals surface area contributed by atoms with Gasteiger partial charge in [0.1, 0.15) is 6.54 Å². The summed E-state index contributed by atoms with van der Waals surface area (Å²) in [7, 11) is 6.33. The van der Waals surface area contributed by atoms with Crippen LogP contribution in [-0.4, -0.2) is 43.8 Å². The maximum absolute atomic E-state index is 12.9. The summed E-state index contributed by atoms with van der Waals surface area (Å²) < 4.78 is 17.3. The minimum Gasteiger partial charge on any atom is -0.493 e. The summed E-state index contributed by atoms with van der Waals surface area (Å²) in [6.45, 7) is 2.07. The van der Waals surface area contributed by atoms with Gasteiger partial charge in [-0.15, -0.1) is 0 Å². The molecule has 0 saturated carbocycles. The van der Waals surface area contributed by atoms with Crippen LogP contribution in [0.1, 0.15) is 11.3 Å². The summed E-state index contributed by atoms with van der Waals surface area (Å²) in [6.07, 6.45) is 0. The molecule has 0 aliphatic heterocycles. The van der Waals surface area contributed by atoms with E-state index in [0.29, 0.717) is 41.1 Å². The molecule has 0 atom stereocenters. The molecule has 0 radical (unpaired) electrons. The van der Waals surface area contributed by atoms with Crippen molar-refractivity contribution >= 4 is 17.5 Å². The summed E-state index contributed by atoms with van der Waals surface area (Å²) in [5.41, 5.74) is 1.78. The molecule has 0 spiro atoms. The average Bonchev–Trinajstić information content (AvgIpc) is 2.80. The van der Waals surface area contributed by atoms with Crippen molar-refractivity contribution in [2.45, 2.75) is 20.0 Å². The first kappa shape index (κ1) is 23.6. The average molecular weight is 453 g/mol. The van der Waals surface area contributed by atoms with Gasteiger partial charge >= 0.3 is 0 Å². The maximum atomic E-state index is 12.9. The van der Waals surface area contributed by atoms with E-state index in [1.54, 1.807) is 19.1 Å². The highest BCUT2D eigenvalue weighted by Gasteiger charge is 2.18. The predicted molar refractivity (Wildman–Crippen MR) is 127 cm³/mol. The van der Waals surface area contributed by atoms with E-state index < -0.39 is 5.91 Å². The number of hydrogen-bond donors (Lipinski definition) is 1. The third-order valence-electron chi connectivity index (χ3n) is 4.97. The van der Waals surface area contributed by atoms with Crippen LogP contribution in [0.15, 0.2) is 53.3 Å². The molecule has 0 unspecified atom stereocenters. The summed E-state index contributed by atoms with van der Waals surface area (Å²) in [5, 5.41) is 2.79. The molecule has 33 heavy (non-hydrogen) atoms. The molecule has 3 rings (SSSR count). The molecule has 0 saturated heterocycles. The molecular formula is C24H28N4O5. The van der Waals surface area contributed by atoms with Crippen molar-refractivity contribution in [3.8, 4) is 17.2 Å². The molecule has 1 heterocycles. The summed E-state index contributed by atoms with van der Waals surface area (Å²) >= 11 is 0. The van der Waals surface area contributed by atoms with Crippen LogP contribution in [0, 0.1) is 6.92 Å². The third-order valence-corrected chi connectivity index (χ3v) is 4.97. The van der Waals surface area contributed by atoms with Crippen LogP contribution >= 0.6 is 0 Å². The van der Waals surface area contributed by atoms with Crippen molar-refractivity contribution in [2.75, 3.05) is 38.6 Å². The van der Waals surface area contributed by atoms with Gasteiger partial charge in [-0.25, -0.2) is 4.98 Å². The quantitative estimate of drug-likeness (QED) is 0.533. The minimum atomic E-state index is -0.397. The monoisotopic (exact) mass is 452 g/mol. The van der Waals surface area contributed by atoms with Gasteiger partial charge in [0.05, 0.1) is 21.3 Å². The number of aromatic nitrogens is 2. The second-order valence-electron chi connectivity index (χ2n) is 7.43. The van der Waals surface area contributed by atoms with Gasteiger partial charge in [0.2, 0.25) is 17.6 Å². The number of rotatable bonds is 9. The number of nitrogens with one attached hydrogen (secondary N) is 1. The molecule has 1 amide bonds. The number of hydrogen-bond acceptors (Lipinski definition) is 7. The Bertz CT molecular complexity index is 1150. The van der Waals surface area contributed by atoms with Crippen LogP contribution < -0.4 is 30.0 Å². The van der Waals surface area contributed by atoms with Crippen molar-refractivity contribution < 1.29 is 19.0 Å². The Balaban J connectivity index is 1.86. The van der Waals surface area contributed by atoms with Crippen LogP contribution in [-0.2, 0) is 17.9 Å². The molecule has 9 heteroatoms. The first-order valence-electron chi connectivity index (χ1n) is 10.3. The minimum absolute atomic E-state index is 0.211. The number of benzene rings is 2. The molecule has 3 aromatic rings. The lowest BCUT2D eigenvalue weighted by Gasteiger charge is -2.22. The van der Waals surface area contributed by atoms with Gasteiger partial charge in [-0.1, -0.05) is 30.3 Å². The van der Waals surface area contributed by atoms with Gasteiger partial charge in [0.25, 0.3) is 5.56 Å². The zero-order chi connectivity index (χ0) is 24.0. The van der Waals surface area contributed by atoms with Gasteiger partial charge < -0.3 is 24.4 Å². The van der Waals surface area contributed by atoms with Gasteiger partial charge in [0.15, 0.2) is 11.5 Å². The van der Waals surface area contributed by atoms with Crippen LogP contribution in [0.5, 0.6) is 17.2 Å². The predicted octanol–water partition coefficient (Wildman–Crippen LogP) is 2.85. The van der Waals surface area contributed by atoms with E-state index in [9.17, 15) is 9.59 Å². The van der Waals surface area contributed by atoms with Crippen LogP contribution in [0.25, 0.3) is 0 Å². The number of anilines is 2. The van der Waals surface area contributed by atoms with Gasteiger partial charge in [-0.3, -0.25) is 14.2 Å². The van der Waals surface area contributed by atoms with Crippen molar-refractivity contribution in [3.05, 3.63) is 70.1 Å². The third kappa shape index (κ3) is 5.62. The van der Waals surface area contributed by atoms with Crippen molar-refractivity contribution in [1.29, 1.82) is 0 Å². The highest BCUT2D eigenvalue weighted by molar-refractivity contribution is 5.91. The largest absolute Gasteiger partial charge is 0.493 e. The van der Waals surface area contributed by atoms with Crippen molar-refractivity contribution in [3.63, 3.8) is 0 Å². The highest BCUT2D eigenvalue weighted by Crippen LogP contribution is 2.39. The molecular weight excluding hydrogens is 424 g/mol. The molecule has 9 nitrogen and oxygen atoms in total. The number of nitrogens with zero attached hydrogens (tertiary/aromatic N) is 3. The summed E-state index contributed by atoms with van der Waals surface area (Å²) in [4.78, 5) is 32.0. The molecule has 0 fully saturated rings. The fourth-order valence-electron chi connectivity index (χ4n) is 3.47. The molecule has 174 valence electrons. The SMILES string of the molecule is COc1cc(NC(=O)Cn2c(N(C)Cc3ccccc3)nc(C)cc2=O)cc(OC)c1OC. The Morgan fingerprint density at radius 1 is 1.03 bits per heavy atom. The molecule has 1 aromatic heterocycles. The number of carbonyl (C=O) groups is 1. The first-order valence-corrected chi connectivity index (χ1v) is 10.3. The van der Waals surface area contributed by atoms with Crippen molar-refractivity contribution in [2.24, 2.45) is 0 Å². The number of amides is 1. The van der Waals surface area contributed by atoms with E-state index in [4.69, 9.17) is 14.2 Å². The fourth-order valence-corrected chi connectivity index (χ4v) is 3.47. The lowest BCUT2D eigenvalue weighted by Crippen LogP contribution is -2.34. The molecule has 0 aliphatic carbocycles. The first-order chi connectivity index (χ1) is 15.9. The standard InChI is InChI=1S/C24H28N4O5/c1-16-11-22(30)28(24(25-16)27(2)14-17-9-7-6-8-10-17)15-21(29)26-18-12-19(31-3)23(33-5)20(13-18)32-4/h6-13H,14-15H2,1-5H3,(H,26,29). The van der Waals surface area contributed by atoms with Gasteiger partial charge in [-0.05, 0) is 12.5 Å². The summed E-state index contributed by atoms with van der Waals surface area (Å²) in [6, 6.07) is 14.5.